The highest BCUT2D eigenvalue weighted by Crippen LogP contribution is 2.58. The molecule has 8 saturated heterocycles. The minimum Gasteiger partial charge on any atom is -0.495 e. The van der Waals surface area contributed by atoms with Gasteiger partial charge in [-0.15, -0.1) is 0 Å². The molecular weight excluding hydrogens is 1150 g/mol. The van der Waals surface area contributed by atoms with E-state index in [1.165, 1.54) is 11.8 Å². The van der Waals surface area contributed by atoms with Gasteiger partial charge in [-0.2, -0.15) is 0 Å². The molecule has 7 amide bonds. The molecule has 14 rings (SSSR count). The molecule has 21 heteroatoms. The van der Waals surface area contributed by atoms with E-state index in [2.05, 4.69) is 116 Å². The number of nitrogens with zero attached hydrogens (tertiary/aromatic N) is 10. The molecule has 0 aromatic heterocycles. The van der Waals surface area contributed by atoms with E-state index >= 15 is 0 Å². The fourth-order valence-corrected chi connectivity index (χ4v) is 16.4. The van der Waals surface area contributed by atoms with Crippen LogP contribution in [0, 0.1) is 11.8 Å². The molecule has 0 saturated carbocycles. The number of amides is 7. The van der Waals surface area contributed by atoms with Crippen LogP contribution in [0.25, 0.3) is 21.5 Å². The molecule has 6 aromatic rings. The van der Waals surface area contributed by atoms with Gasteiger partial charge in [-0.1, -0.05) is 72.8 Å². The fraction of sp³-hybridized carbons (Fsp3) is 0.471. The third-order valence-electron chi connectivity index (χ3n) is 20.6. The van der Waals surface area contributed by atoms with Gasteiger partial charge in [0.1, 0.15) is 22.6 Å². The van der Waals surface area contributed by atoms with E-state index in [-0.39, 0.29) is 53.7 Å². The van der Waals surface area contributed by atoms with E-state index in [1.54, 1.807) is 19.1 Å². The van der Waals surface area contributed by atoms with E-state index in [4.69, 9.17) is 24.7 Å². The van der Waals surface area contributed by atoms with Gasteiger partial charge < -0.3 is 49.6 Å². The number of carbonyl (C=O) groups excluding carboxylic acids is 5. The first-order valence-electron chi connectivity index (χ1n) is 32.1. The highest BCUT2D eigenvalue weighted by atomic mass is 16.5. The quantitative estimate of drug-likeness (QED) is 0.0688. The van der Waals surface area contributed by atoms with Crippen LogP contribution >= 0.6 is 0 Å². The molecular formula is C70H86N12O9. The molecule has 0 aliphatic carbocycles. The number of ether oxygens (including phenoxy) is 4. The summed E-state index contributed by atoms with van der Waals surface area (Å²) in [5, 5.41) is 7.41. The monoisotopic (exact) mass is 1240 g/mol. The number of nitrogens with one attached hydrogen (secondary N) is 1. The van der Waals surface area contributed by atoms with Gasteiger partial charge >= 0.3 is 12.1 Å². The number of morpholine rings is 2. The number of likely N-dealkylation sites (tertiary alicyclic amines) is 2. The SMILES string of the molecule is COc1ccc(CN2C[C@H]3C[C@H](c4ccc(N(C)C)c5ccccc45)N4C(=O)N(CCN5CCOCC5)C(=O)[C@]34C2)cc1N.COc1ccc(CN2C[C@H]3C[C@H](c4ccc(N(C)C)c5ccccc45)N4C(=O)N(CCN5CCOCC5)C(=O)[C@]34C2)cc1NC(C)=O. The van der Waals surface area contributed by atoms with Crippen molar-refractivity contribution in [2.24, 2.45) is 11.8 Å². The number of rotatable bonds is 17. The van der Waals surface area contributed by atoms with Crippen LogP contribution in [0.4, 0.5) is 32.3 Å². The summed E-state index contributed by atoms with van der Waals surface area (Å²) >= 11 is 0. The summed E-state index contributed by atoms with van der Waals surface area (Å²) in [6, 6.07) is 36.3. The van der Waals surface area contributed by atoms with Crippen LogP contribution in [-0.4, -0.2) is 227 Å². The van der Waals surface area contributed by atoms with E-state index in [9.17, 15) is 24.0 Å². The second-order valence-corrected chi connectivity index (χ2v) is 26.2. The Kier molecular flexibility index (Phi) is 17.1. The lowest BCUT2D eigenvalue weighted by Gasteiger charge is -2.33. The smallest absolute Gasteiger partial charge is 0.328 e. The number of hydrogen-bond acceptors (Lipinski definition) is 16. The van der Waals surface area contributed by atoms with Crippen LogP contribution in [0.1, 0.15) is 54.1 Å². The van der Waals surface area contributed by atoms with Crippen molar-refractivity contribution in [3.05, 3.63) is 131 Å². The number of anilines is 4. The van der Waals surface area contributed by atoms with Gasteiger partial charge in [0.2, 0.25) is 5.91 Å². The molecule has 480 valence electrons. The van der Waals surface area contributed by atoms with Crippen molar-refractivity contribution >= 4 is 74.1 Å². The molecule has 0 bridgehead atoms. The molecule has 91 heavy (non-hydrogen) atoms. The van der Waals surface area contributed by atoms with E-state index in [0.29, 0.717) is 108 Å². The van der Waals surface area contributed by atoms with Crippen molar-refractivity contribution in [3.8, 4) is 11.5 Å². The van der Waals surface area contributed by atoms with Crippen LogP contribution in [0.15, 0.2) is 109 Å². The van der Waals surface area contributed by atoms with Crippen LogP contribution in [0.2, 0.25) is 0 Å². The second-order valence-electron chi connectivity index (χ2n) is 26.2. The lowest BCUT2D eigenvalue weighted by Crippen LogP contribution is -2.51. The number of imide groups is 2. The Morgan fingerprint density at radius 1 is 0.560 bits per heavy atom. The highest BCUT2D eigenvalue weighted by Gasteiger charge is 2.72. The fourth-order valence-electron chi connectivity index (χ4n) is 16.4. The van der Waals surface area contributed by atoms with Crippen molar-refractivity contribution in [2.75, 3.05) is 168 Å². The Hall–Kier alpha value is -8.05. The summed E-state index contributed by atoms with van der Waals surface area (Å²) in [4.78, 5) is 90.3. The van der Waals surface area contributed by atoms with Crippen LogP contribution in [0.3, 0.4) is 0 Å². The average molecular weight is 1240 g/mol. The maximum absolute atomic E-state index is 14.6. The van der Waals surface area contributed by atoms with Crippen LogP contribution in [-0.2, 0) is 36.9 Å². The van der Waals surface area contributed by atoms with Crippen molar-refractivity contribution in [3.63, 3.8) is 0 Å². The molecule has 8 heterocycles. The lowest BCUT2D eigenvalue weighted by molar-refractivity contribution is -0.134. The zero-order valence-electron chi connectivity index (χ0n) is 53.6. The van der Waals surface area contributed by atoms with E-state index in [0.717, 1.165) is 101 Å². The first-order chi connectivity index (χ1) is 44.0. The average Bonchev–Trinajstić information content (AvgIpc) is 1.53. The summed E-state index contributed by atoms with van der Waals surface area (Å²) in [6.45, 7) is 13.1. The normalized spacial score (nSPS) is 25.1. The molecule has 2 spiro atoms. The summed E-state index contributed by atoms with van der Waals surface area (Å²) in [5.41, 5.74) is 12.2. The first-order valence-corrected chi connectivity index (χ1v) is 32.1. The molecule has 6 atom stereocenters. The zero-order valence-corrected chi connectivity index (χ0v) is 53.6. The number of fused-ring (bicyclic) bond motifs is 2. The minimum atomic E-state index is -0.930. The number of methoxy groups -OCH3 is 2. The topological polar surface area (TPSA) is 193 Å². The number of benzene rings is 6. The van der Waals surface area contributed by atoms with Crippen molar-refractivity contribution in [1.82, 2.24) is 39.2 Å². The van der Waals surface area contributed by atoms with Gasteiger partial charge in [0, 0.05) is 161 Å². The summed E-state index contributed by atoms with van der Waals surface area (Å²) < 4.78 is 21.8. The second kappa shape index (κ2) is 25.2. The summed E-state index contributed by atoms with van der Waals surface area (Å²) in [6.07, 6.45) is 1.47. The van der Waals surface area contributed by atoms with Gasteiger partial charge in [0.25, 0.3) is 11.8 Å². The van der Waals surface area contributed by atoms with Gasteiger partial charge in [-0.05, 0) is 82.3 Å². The maximum Gasteiger partial charge on any atom is 0.328 e. The molecule has 3 N–H and O–H groups in total. The molecule has 8 aliphatic heterocycles. The minimum absolute atomic E-state index is 0.0160. The predicted molar refractivity (Wildman–Crippen MR) is 351 cm³/mol. The first kappa shape index (κ1) is 61.8. The highest BCUT2D eigenvalue weighted by molar-refractivity contribution is 6.10. The van der Waals surface area contributed by atoms with Crippen molar-refractivity contribution < 1.29 is 42.9 Å². The number of hydrogen-bond donors (Lipinski definition) is 2. The van der Waals surface area contributed by atoms with Crippen LogP contribution < -0.4 is 30.3 Å². The molecule has 0 unspecified atom stereocenters. The van der Waals surface area contributed by atoms with Crippen molar-refractivity contribution in [1.29, 1.82) is 0 Å². The summed E-state index contributed by atoms with van der Waals surface area (Å²) in [7, 11) is 11.4. The van der Waals surface area contributed by atoms with Gasteiger partial charge in [0.15, 0.2) is 0 Å². The van der Waals surface area contributed by atoms with Gasteiger partial charge in [0.05, 0.1) is 64.1 Å². The number of nitrogen functional groups attached to an aromatic ring is 1. The Labute approximate surface area is 533 Å². The third-order valence-corrected chi connectivity index (χ3v) is 20.6. The number of urea groups is 2. The standard InChI is InChI=1S/C36H44N6O5.C34H42N6O4/c1-24(43)37-30-19-25(9-12-33(30)46-4)21-40-22-26-20-32(29-10-11-31(38(2)3)28-8-6-5-7-27(28)29)42-35(45)41(34(44)36(26,42)23-40)14-13-39-15-17-47-18-16-39;1-36(2)29-10-9-27(25-6-4-5-7-26(25)29)30-19-24-21-38(20-23-8-11-31(43-3)28(35)18-23)22-34(24)32(41)39(33(42)40(30)34)13-12-37-14-16-44-17-15-37/h5-12,19,26,32H,13-18,20-23H2,1-4H3,(H,37,43);4-11,18,24,30H,12-17,19-22,35H2,1-3H3/t26-,32-,36+;24-,30-,34+/m11/s1. The molecule has 8 aliphatic rings. The van der Waals surface area contributed by atoms with Crippen molar-refractivity contribution in [2.45, 2.75) is 56.0 Å². The summed E-state index contributed by atoms with van der Waals surface area (Å²) in [5.74, 6) is 0.963. The van der Waals surface area contributed by atoms with Crippen LogP contribution in [0.5, 0.6) is 11.5 Å². The molecule has 8 fully saturated rings. The third kappa shape index (κ3) is 11.0. The number of carbonyl (C=O) groups is 5. The Morgan fingerprint density at radius 2 is 0.989 bits per heavy atom. The van der Waals surface area contributed by atoms with E-state index < -0.39 is 11.1 Å². The lowest BCUT2D eigenvalue weighted by atomic mass is 9.87. The Morgan fingerprint density at radius 3 is 1.41 bits per heavy atom. The van der Waals surface area contributed by atoms with Gasteiger partial charge in [-0.25, -0.2) is 9.59 Å². The van der Waals surface area contributed by atoms with Gasteiger partial charge in [-0.3, -0.25) is 43.8 Å². The Bertz CT molecular complexity index is 3780. The predicted octanol–water partition coefficient (Wildman–Crippen LogP) is 7.19. The molecule has 21 nitrogen and oxygen atoms in total. The van der Waals surface area contributed by atoms with E-state index in [1.807, 2.05) is 66.4 Å². The molecule has 0 radical (unpaired) electrons. The number of nitrogens with two attached hydrogens (primary N) is 1. The zero-order chi connectivity index (χ0) is 63.5. The Balaban J connectivity index is 0.000000167. The maximum atomic E-state index is 14.6. The molecule has 6 aromatic carbocycles. The largest absolute Gasteiger partial charge is 0.495 e.